The molecule has 90 valence electrons. The Labute approximate surface area is 99.6 Å². The van der Waals surface area contributed by atoms with Gasteiger partial charge in [-0.2, -0.15) is 0 Å². The third-order valence-electron chi connectivity index (χ3n) is 3.54. The minimum Gasteiger partial charge on any atom is -0.381 e. The van der Waals surface area contributed by atoms with Gasteiger partial charge < -0.3 is 15.4 Å². The van der Waals surface area contributed by atoms with Gasteiger partial charge in [0.2, 0.25) is 5.91 Å². The zero-order chi connectivity index (χ0) is 11.9. The van der Waals surface area contributed by atoms with Gasteiger partial charge in [0.15, 0.2) is 5.82 Å². The van der Waals surface area contributed by atoms with Crippen LogP contribution >= 0.6 is 0 Å². The first kappa shape index (κ1) is 10.5. The van der Waals surface area contributed by atoms with Crippen LogP contribution in [0.4, 0.5) is 11.5 Å². The zero-order valence-electron chi connectivity index (χ0n) is 9.75. The molecule has 1 saturated heterocycles. The maximum atomic E-state index is 12.2. The monoisotopic (exact) mass is 233 g/mol. The Balaban J connectivity index is 2.00. The fourth-order valence-corrected chi connectivity index (χ4v) is 2.40. The lowest BCUT2D eigenvalue weighted by Crippen LogP contribution is -2.55. The second-order valence-electron chi connectivity index (χ2n) is 4.63. The number of anilines is 2. The first-order chi connectivity index (χ1) is 8.21. The SMILES string of the molecule is Cc1ccnc2c1NC(=O)C1(CCOCC1)N2. The van der Waals surface area contributed by atoms with Crippen LogP contribution in [0.2, 0.25) is 0 Å². The summed E-state index contributed by atoms with van der Waals surface area (Å²) in [5.41, 5.74) is 1.29. The maximum Gasteiger partial charge on any atom is 0.250 e. The van der Waals surface area contributed by atoms with Gasteiger partial charge in [0.25, 0.3) is 0 Å². The molecule has 5 heteroatoms. The van der Waals surface area contributed by atoms with E-state index >= 15 is 0 Å². The Morgan fingerprint density at radius 2 is 2.18 bits per heavy atom. The van der Waals surface area contributed by atoms with Gasteiger partial charge in [-0.1, -0.05) is 0 Å². The molecule has 2 aliphatic heterocycles. The fraction of sp³-hybridized carbons (Fsp3) is 0.500. The molecule has 0 aliphatic carbocycles. The molecule has 0 unspecified atom stereocenters. The average Bonchev–Trinajstić information content (AvgIpc) is 2.33. The summed E-state index contributed by atoms with van der Waals surface area (Å²) in [6, 6.07) is 1.89. The van der Waals surface area contributed by atoms with E-state index in [9.17, 15) is 4.79 Å². The minimum absolute atomic E-state index is 0.0319. The lowest BCUT2D eigenvalue weighted by Gasteiger charge is -2.40. The van der Waals surface area contributed by atoms with Gasteiger partial charge in [-0.05, 0) is 18.6 Å². The molecular weight excluding hydrogens is 218 g/mol. The number of carbonyl (C=O) groups is 1. The van der Waals surface area contributed by atoms with Crippen molar-refractivity contribution in [2.24, 2.45) is 0 Å². The smallest absolute Gasteiger partial charge is 0.250 e. The van der Waals surface area contributed by atoms with Gasteiger partial charge >= 0.3 is 0 Å². The van der Waals surface area contributed by atoms with E-state index in [0.29, 0.717) is 26.1 Å². The molecule has 3 heterocycles. The molecular formula is C12H15N3O2. The van der Waals surface area contributed by atoms with Crippen LogP contribution in [0.15, 0.2) is 12.3 Å². The number of carbonyl (C=O) groups excluding carboxylic acids is 1. The average molecular weight is 233 g/mol. The van der Waals surface area contributed by atoms with Crippen LogP contribution in [-0.4, -0.2) is 29.6 Å². The number of amides is 1. The van der Waals surface area contributed by atoms with Gasteiger partial charge in [0, 0.05) is 32.3 Å². The predicted molar refractivity (Wildman–Crippen MR) is 64.0 cm³/mol. The van der Waals surface area contributed by atoms with Gasteiger partial charge in [-0.25, -0.2) is 4.98 Å². The molecule has 2 aliphatic rings. The highest BCUT2D eigenvalue weighted by molar-refractivity contribution is 6.06. The Kier molecular flexibility index (Phi) is 2.29. The van der Waals surface area contributed by atoms with E-state index in [-0.39, 0.29) is 5.91 Å². The molecule has 2 N–H and O–H groups in total. The minimum atomic E-state index is -0.536. The number of ether oxygens (including phenoxy) is 1. The van der Waals surface area contributed by atoms with Crippen LogP contribution in [0, 0.1) is 6.92 Å². The number of fused-ring (bicyclic) bond motifs is 1. The molecule has 0 aromatic carbocycles. The van der Waals surface area contributed by atoms with Gasteiger partial charge in [0.1, 0.15) is 5.54 Å². The summed E-state index contributed by atoms with van der Waals surface area (Å²) in [7, 11) is 0. The van der Waals surface area contributed by atoms with Crippen molar-refractivity contribution in [2.75, 3.05) is 23.8 Å². The predicted octanol–water partition coefficient (Wildman–Crippen LogP) is 1.30. The number of rotatable bonds is 0. The van der Waals surface area contributed by atoms with Crippen molar-refractivity contribution < 1.29 is 9.53 Å². The molecule has 0 atom stereocenters. The summed E-state index contributed by atoms with van der Waals surface area (Å²) in [6.07, 6.45) is 3.13. The van der Waals surface area contributed by atoms with Crippen molar-refractivity contribution in [1.29, 1.82) is 0 Å². The van der Waals surface area contributed by atoms with Crippen LogP contribution in [0.25, 0.3) is 0 Å². The van der Waals surface area contributed by atoms with Crippen molar-refractivity contribution >= 4 is 17.4 Å². The van der Waals surface area contributed by atoms with Crippen molar-refractivity contribution in [3.05, 3.63) is 17.8 Å². The molecule has 1 aromatic rings. The van der Waals surface area contributed by atoms with Gasteiger partial charge in [-0.3, -0.25) is 4.79 Å². The first-order valence-corrected chi connectivity index (χ1v) is 5.84. The standard InChI is InChI=1S/C12H15N3O2/c1-8-2-5-13-10-9(8)14-11(16)12(15-10)3-6-17-7-4-12/h2,5H,3-4,6-7H2,1H3,(H,13,15)(H,14,16). The van der Waals surface area contributed by atoms with E-state index in [0.717, 1.165) is 17.1 Å². The van der Waals surface area contributed by atoms with Crippen LogP contribution in [0.5, 0.6) is 0 Å². The van der Waals surface area contributed by atoms with E-state index in [1.54, 1.807) is 6.20 Å². The van der Waals surface area contributed by atoms with Crippen molar-refractivity contribution in [1.82, 2.24) is 4.98 Å². The number of pyridine rings is 1. The Morgan fingerprint density at radius 1 is 1.41 bits per heavy atom. The van der Waals surface area contributed by atoms with Crippen LogP contribution in [-0.2, 0) is 9.53 Å². The lowest BCUT2D eigenvalue weighted by atomic mass is 9.87. The fourth-order valence-electron chi connectivity index (χ4n) is 2.40. The normalized spacial score (nSPS) is 21.6. The summed E-state index contributed by atoms with van der Waals surface area (Å²) in [6.45, 7) is 3.19. The third kappa shape index (κ3) is 1.58. The quantitative estimate of drug-likeness (QED) is 0.709. The number of aryl methyl sites for hydroxylation is 1. The van der Waals surface area contributed by atoms with Gasteiger partial charge in [-0.15, -0.1) is 0 Å². The molecule has 1 fully saturated rings. The Morgan fingerprint density at radius 3 is 2.94 bits per heavy atom. The maximum absolute atomic E-state index is 12.2. The second-order valence-corrected chi connectivity index (χ2v) is 4.63. The largest absolute Gasteiger partial charge is 0.381 e. The third-order valence-corrected chi connectivity index (χ3v) is 3.54. The van der Waals surface area contributed by atoms with Gasteiger partial charge in [0.05, 0.1) is 5.69 Å². The number of hydrogen-bond donors (Lipinski definition) is 2. The molecule has 1 aromatic heterocycles. The number of nitrogens with zero attached hydrogens (tertiary/aromatic N) is 1. The molecule has 0 radical (unpaired) electrons. The van der Waals surface area contributed by atoms with E-state index in [4.69, 9.17) is 4.74 Å². The lowest BCUT2D eigenvalue weighted by molar-refractivity contribution is -0.123. The van der Waals surface area contributed by atoms with E-state index in [1.165, 1.54) is 0 Å². The summed E-state index contributed by atoms with van der Waals surface area (Å²) in [5.74, 6) is 0.802. The number of nitrogens with one attached hydrogen (secondary N) is 2. The number of aromatic nitrogens is 1. The van der Waals surface area contributed by atoms with Crippen molar-refractivity contribution in [2.45, 2.75) is 25.3 Å². The highest BCUT2D eigenvalue weighted by Gasteiger charge is 2.43. The van der Waals surface area contributed by atoms with E-state index in [2.05, 4.69) is 15.6 Å². The number of hydrogen-bond acceptors (Lipinski definition) is 4. The molecule has 0 saturated carbocycles. The second kappa shape index (κ2) is 3.70. The summed E-state index contributed by atoms with van der Waals surface area (Å²) in [5, 5.41) is 6.27. The molecule has 0 bridgehead atoms. The zero-order valence-corrected chi connectivity index (χ0v) is 9.75. The van der Waals surface area contributed by atoms with E-state index < -0.39 is 5.54 Å². The molecule has 17 heavy (non-hydrogen) atoms. The summed E-state index contributed by atoms with van der Waals surface area (Å²) >= 11 is 0. The van der Waals surface area contributed by atoms with Crippen LogP contribution < -0.4 is 10.6 Å². The molecule has 1 spiro atoms. The molecule has 5 nitrogen and oxygen atoms in total. The highest BCUT2D eigenvalue weighted by atomic mass is 16.5. The Bertz CT molecular complexity index is 467. The van der Waals surface area contributed by atoms with Crippen LogP contribution in [0.3, 0.4) is 0 Å². The summed E-state index contributed by atoms with van der Waals surface area (Å²) in [4.78, 5) is 16.5. The highest BCUT2D eigenvalue weighted by Crippen LogP contribution is 2.35. The van der Waals surface area contributed by atoms with E-state index in [1.807, 2.05) is 13.0 Å². The Hall–Kier alpha value is -1.62. The van der Waals surface area contributed by atoms with Crippen LogP contribution in [0.1, 0.15) is 18.4 Å². The first-order valence-electron chi connectivity index (χ1n) is 5.84. The van der Waals surface area contributed by atoms with Crippen molar-refractivity contribution in [3.63, 3.8) is 0 Å². The molecule has 3 rings (SSSR count). The van der Waals surface area contributed by atoms with Crippen molar-refractivity contribution in [3.8, 4) is 0 Å². The summed E-state index contributed by atoms with van der Waals surface area (Å²) < 4.78 is 5.32. The topological polar surface area (TPSA) is 63.2 Å². The molecule has 1 amide bonds.